The first-order chi connectivity index (χ1) is 13.5. The third-order valence-electron chi connectivity index (χ3n) is 4.50. The minimum absolute atomic E-state index is 0.142. The fourth-order valence-electron chi connectivity index (χ4n) is 3.33. The SMILES string of the molecule is COc1ccc2c(c1)c(C(=O)O)c(-c1ccccc1)n2C1=NNC(=S)NC1N. The van der Waals surface area contributed by atoms with E-state index in [1.54, 1.807) is 22.8 Å². The van der Waals surface area contributed by atoms with Gasteiger partial charge in [-0.2, -0.15) is 5.10 Å². The molecular formula is C19H17N5O3S. The number of fused-ring (bicyclic) bond motifs is 1. The number of nitrogens with one attached hydrogen (secondary N) is 2. The molecule has 142 valence electrons. The Morgan fingerprint density at radius 1 is 1.29 bits per heavy atom. The van der Waals surface area contributed by atoms with Gasteiger partial charge in [0.1, 0.15) is 11.9 Å². The molecule has 0 radical (unpaired) electrons. The Morgan fingerprint density at radius 2 is 2.04 bits per heavy atom. The molecule has 0 amide bonds. The van der Waals surface area contributed by atoms with Gasteiger partial charge in [0, 0.05) is 5.39 Å². The third kappa shape index (κ3) is 2.86. The maximum Gasteiger partial charge on any atom is 0.338 e. The number of aromatic carboxylic acids is 1. The summed E-state index contributed by atoms with van der Waals surface area (Å²) in [5.74, 6) is -0.105. The van der Waals surface area contributed by atoms with Crippen LogP contribution in [0, 0.1) is 0 Å². The monoisotopic (exact) mass is 395 g/mol. The Labute approximate surface area is 165 Å². The molecule has 4 rings (SSSR count). The zero-order valence-corrected chi connectivity index (χ0v) is 15.7. The number of nitrogens with two attached hydrogens (primary N) is 1. The molecule has 1 aromatic heterocycles. The second-order valence-corrected chi connectivity index (χ2v) is 6.55. The van der Waals surface area contributed by atoms with Crippen LogP contribution in [0.15, 0.2) is 53.6 Å². The largest absolute Gasteiger partial charge is 0.497 e. The number of hydrazone groups is 1. The van der Waals surface area contributed by atoms with E-state index >= 15 is 0 Å². The summed E-state index contributed by atoms with van der Waals surface area (Å²) < 4.78 is 7.03. The molecule has 1 aliphatic rings. The Balaban J connectivity index is 2.13. The summed E-state index contributed by atoms with van der Waals surface area (Å²) in [6.45, 7) is 0. The number of thiocarbonyl (C=S) groups is 1. The van der Waals surface area contributed by atoms with Gasteiger partial charge >= 0.3 is 5.97 Å². The normalized spacial score (nSPS) is 16.3. The van der Waals surface area contributed by atoms with Gasteiger partial charge in [-0.25, -0.2) is 4.79 Å². The average molecular weight is 395 g/mol. The van der Waals surface area contributed by atoms with Crippen LogP contribution in [-0.4, -0.2) is 39.9 Å². The summed E-state index contributed by atoms with van der Waals surface area (Å²) in [6.07, 6.45) is -0.712. The van der Waals surface area contributed by atoms with Crippen molar-refractivity contribution in [1.29, 1.82) is 0 Å². The maximum atomic E-state index is 12.3. The molecule has 0 bridgehead atoms. The second-order valence-electron chi connectivity index (χ2n) is 6.15. The van der Waals surface area contributed by atoms with Gasteiger partial charge in [-0.05, 0) is 36.0 Å². The first kappa shape index (κ1) is 18.0. The van der Waals surface area contributed by atoms with Crippen LogP contribution in [0.4, 0.5) is 0 Å². The van der Waals surface area contributed by atoms with Gasteiger partial charge in [-0.3, -0.25) is 9.99 Å². The lowest BCUT2D eigenvalue weighted by Crippen LogP contribution is -2.56. The maximum absolute atomic E-state index is 12.3. The first-order valence-electron chi connectivity index (χ1n) is 8.42. The summed E-state index contributed by atoms with van der Waals surface area (Å²) >= 11 is 5.06. The van der Waals surface area contributed by atoms with E-state index in [1.165, 1.54) is 7.11 Å². The van der Waals surface area contributed by atoms with E-state index in [9.17, 15) is 9.90 Å². The molecule has 1 atom stereocenters. The topological polar surface area (TPSA) is 114 Å². The fraction of sp³-hybridized carbons (Fsp3) is 0.105. The van der Waals surface area contributed by atoms with E-state index in [2.05, 4.69) is 15.8 Å². The Morgan fingerprint density at radius 3 is 2.68 bits per heavy atom. The lowest BCUT2D eigenvalue weighted by molar-refractivity contribution is 0.0700. The predicted octanol–water partition coefficient (Wildman–Crippen LogP) is 1.94. The first-order valence-corrected chi connectivity index (χ1v) is 8.83. The van der Waals surface area contributed by atoms with E-state index < -0.39 is 12.1 Å². The van der Waals surface area contributed by atoms with Gasteiger partial charge in [-0.1, -0.05) is 30.3 Å². The molecule has 8 nitrogen and oxygen atoms in total. The van der Waals surface area contributed by atoms with Crippen molar-refractivity contribution in [2.75, 3.05) is 7.11 Å². The van der Waals surface area contributed by atoms with Gasteiger partial charge in [0.25, 0.3) is 0 Å². The number of carbonyl (C=O) groups is 1. The van der Waals surface area contributed by atoms with Crippen molar-refractivity contribution in [2.45, 2.75) is 6.17 Å². The number of carboxylic acid groups (broad SMARTS) is 1. The number of hydrogen-bond acceptors (Lipinski definition) is 5. The molecule has 0 saturated carbocycles. The number of methoxy groups -OCH3 is 1. The zero-order valence-electron chi connectivity index (χ0n) is 14.8. The molecule has 0 saturated heterocycles. The molecule has 0 spiro atoms. The number of benzene rings is 2. The molecule has 9 heteroatoms. The van der Waals surface area contributed by atoms with Crippen LogP contribution in [0.1, 0.15) is 10.4 Å². The predicted molar refractivity (Wildman–Crippen MR) is 111 cm³/mol. The molecule has 28 heavy (non-hydrogen) atoms. The number of aromatic nitrogens is 1. The van der Waals surface area contributed by atoms with Crippen LogP contribution < -0.4 is 21.2 Å². The van der Waals surface area contributed by atoms with Crippen molar-refractivity contribution < 1.29 is 14.6 Å². The van der Waals surface area contributed by atoms with E-state index in [1.807, 2.05) is 30.3 Å². The molecule has 0 aliphatic carbocycles. The van der Waals surface area contributed by atoms with Crippen LogP contribution in [-0.2, 0) is 0 Å². The molecule has 2 heterocycles. The lowest BCUT2D eigenvalue weighted by atomic mass is 10.1. The van der Waals surface area contributed by atoms with E-state index in [4.69, 9.17) is 22.7 Å². The standard InChI is InChI=1S/C19H17N5O3S/c1-27-11-7-8-13-12(9-11)14(18(25)26)15(10-5-3-2-4-6-10)24(13)17-16(20)21-19(28)23-22-17/h2-9,16H,20H2,1H3,(H,25,26)(H2,21,23,28). The van der Waals surface area contributed by atoms with Crippen LogP contribution in [0.5, 0.6) is 5.75 Å². The van der Waals surface area contributed by atoms with E-state index in [-0.39, 0.29) is 5.56 Å². The summed E-state index contributed by atoms with van der Waals surface area (Å²) in [6, 6.07) is 14.5. The number of carboxylic acids is 1. The van der Waals surface area contributed by atoms with Gasteiger partial charge in [-0.15, -0.1) is 0 Å². The smallest absolute Gasteiger partial charge is 0.338 e. The van der Waals surface area contributed by atoms with Gasteiger partial charge in [0.2, 0.25) is 0 Å². The van der Waals surface area contributed by atoms with Crippen molar-refractivity contribution in [1.82, 2.24) is 15.3 Å². The lowest BCUT2D eigenvalue weighted by Gasteiger charge is -2.25. The second kappa shape index (κ2) is 6.95. The third-order valence-corrected chi connectivity index (χ3v) is 4.71. The molecule has 0 fully saturated rings. The quantitative estimate of drug-likeness (QED) is 0.501. The highest BCUT2D eigenvalue weighted by atomic mass is 32.1. The summed E-state index contributed by atoms with van der Waals surface area (Å²) in [5.41, 5.74) is 10.9. The summed E-state index contributed by atoms with van der Waals surface area (Å²) in [5, 5.41) is 18.0. The highest BCUT2D eigenvalue weighted by Gasteiger charge is 2.29. The van der Waals surface area contributed by atoms with E-state index in [0.717, 1.165) is 5.56 Å². The zero-order chi connectivity index (χ0) is 19.8. The highest BCUT2D eigenvalue weighted by Crippen LogP contribution is 2.36. The number of nitrogens with zero attached hydrogens (tertiary/aromatic N) is 2. The number of rotatable bonds is 3. The van der Waals surface area contributed by atoms with Crippen molar-refractivity contribution in [3.63, 3.8) is 0 Å². The minimum Gasteiger partial charge on any atom is -0.497 e. The summed E-state index contributed by atoms with van der Waals surface area (Å²) in [4.78, 5) is 12.3. The van der Waals surface area contributed by atoms with Gasteiger partial charge < -0.3 is 20.9 Å². The number of ether oxygens (including phenoxy) is 1. The van der Waals surface area contributed by atoms with Gasteiger partial charge in [0.15, 0.2) is 10.9 Å². The highest BCUT2D eigenvalue weighted by molar-refractivity contribution is 7.80. The van der Waals surface area contributed by atoms with Crippen molar-refractivity contribution in [3.05, 3.63) is 54.1 Å². The average Bonchev–Trinajstić information content (AvgIpc) is 3.03. The summed E-state index contributed by atoms with van der Waals surface area (Å²) in [7, 11) is 1.53. The van der Waals surface area contributed by atoms with Crippen molar-refractivity contribution in [2.24, 2.45) is 10.8 Å². The fourth-order valence-corrected chi connectivity index (χ4v) is 3.50. The Hall–Kier alpha value is -3.43. The molecule has 3 aromatic rings. The van der Waals surface area contributed by atoms with Gasteiger partial charge in [0.05, 0.1) is 23.9 Å². The van der Waals surface area contributed by atoms with Crippen molar-refractivity contribution in [3.8, 4) is 17.0 Å². The number of hydrogen-bond donors (Lipinski definition) is 4. The molecule has 1 aliphatic heterocycles. The van der Waals surface area contributed by atoms with Crippen molar-refractivity contribution >= 4 is 40.0 Å². The van der Waals surface area contributed by atoms with E-state index in [0.29, 0.717) is 33.3 Å². The molecule has 5 N–H and O–H groups in total. The van der Waals surface area contributed by atoms with Crippen LogP contribution in [0.2, 0.25) is 0 Å². The Bertz CT molecular complexity index is 1120. The molecule has 1 unspecified atom stereocenters. The van der Waals surface area contributed by atoms with Crippen LogP contribution >= 0.6 is 12.2 Å². The molecular weight excluding hydrogens is 378 g/mol. The Kier molecular flexibility index (Phi) is 4.46. The molecule has 2 aromatic carbocycles. The van der Waals surface area contributed by atoms with Crippen LogP contribution in [0.3, 0.4) is 0 Å². The minimum atomic E-state index is -1.06. The van der Waals surface area contributed by atoms with Crippen LogP contribution in [0.25, 0.3) is 22.2 Å².